The summed E-state index contributed by atoms with van der Waals surface area (Å²) in [5.74, 6) is -0.950. The van der Waals surface area contributed by atoms with Gasteiger partial charge in [-0.2, -0.15) is 0 Å². The number of carbonyl (C=O) groups is 2. The van der Waals surface area contributed by atoms with Gasteiger partial charge in [0.25, 0.3) is 5.56 Å². The Morgan fingerprint density at radius 2 is 2.00 bits per heavy atom. The number of cyclic esters (lactones) is 1. The molecule has 1 aromatic carbocycles. The molecule has 190 valence electrons. The van der Waals surface area contributed by atoms with Crippen molar-refractivity contribution in [3.63, 3.8) is 0 Å². The Kier molecular flexibility index (Phi) is 4.47. The molecule has 0 radical (unpaired) electrons. The average Bonchev–Trinajstić information content (AvgIpc) is 3.63. The van der Waals surface area contributed by atoms with Crippen molar-refractivity contribution < 1.29 is 28.9 Å². The van der Waals surface area contributed by atoms with Crippen LogP contribution in [-0.2, 0) is 34.7 Å². The topological polar surface area (TPSA) is 131 Å². The molecule has 0 spiro atoms. The summed E-state index contributed by atoms with van der Waals surface area (Å²) >= 11 is 0. The summed E-state index contributed by atoms with van der Waals surface area (Å²) in [6.45, 7) is 1.55. The van der Waals surface area contributed by atoms with Gasteiger partial charge < -0.3 is 24.8 Å². The Labute approximate surface area is 209 Å². The minimum Gasteiger partial charge on any atom is -0.465 e. The van der Waals surface area contributed by atoms with Crippen LogP contribution < -0.4 is 10.9 Å². The quantitative estimate of drug-likeness (QED) is 0.364. The summed E-state index contributed by atoms with van der Waals surface area (Å²) in [5.41, 5.74) is 2.32. The number of halogens is 1. The van der Waals surface area contributed by atoms with Crippen LogP contribution in [0.4, 0.5) is 9.18 Å². The third-order valence-electron chi connectivity index (χ3n) is 8.43. The van der Waals surface area contributed by atoms with Crippen molar-refractivity contribution in [2.45, 2.75) is 69.7 Å². The van der Waals surface area contributed by atoms with Gasteiger partial charge in [-0.1, -0.05) is 6.92 Å². The molecule has 2 aliphatic carbocycles. The Hall–Kier alpha value is -3.79. The summed E-state index contributed by atoms with van der Waals surface area (Å²) in [5, 5.41) is 24.1. The number of aromatic nitrogens is 2. The fraction of sp³-hybridized carbons (Fsp3) is 0.407. The van der Waals surface area contributed by atoms with Crippen molar-refractivity contribution in [2.24, 2.45) is 0 Å². The van der Waals surface area contributed by atoms with Crippen LogP contribution in [0.15, 0.2) is 16.9 Å². The number of carboxylic acid groups (broad SMARTS) is 1. The highest BCUT2D eigenvalue weighted by molar-refractivity contribution is 5.94. The number of carbonyl (C=O) groups excluding carboxylic acids is 1. The largest absolute Gasteiger partial charge is 0.465 e. The van der Waals surface area contributed by atoms with Gasteiger partial charge in [0.1, 0.15) is 12.4 Å². The zero-order valence-electron chi connectivity index (χ0n) is 20.1. The van der Waals surface area contributed by atoms with Crippen molar-refractivity contribution >= 4 is 23.0 Å². The van der Waals surface area contributed by atoms with Crippen molar-refractivity contribution in [2.75, 3.05) is 0 Å². The second-order valence-electron chi connectivity index (χ2n) is 10.4. The summed E-state index contributed by atoms with van der Waals surface area (Å²) < 4.78 is 22.0. The number of hydrogen-bond acceptors (Lipinski definition) is 6. The lowest BCUT2D eigenvalue weighted by Crippen LogP contribution is -2.44. The maximum Gasteiger partial charge on any atom is 0.405 e. The van der Waals surface area contributed by atoms with Gasteiger partial charge in [0.05, 0.1) is 35.1 Å². The Bertz CT molecular complexity index is 1640. The van der Waals surface area contributed by atoms with E-state index in [1.807, 2.05) is 0 Å². The SMILES string of the molecule is CC[C@@]1(O)C(=O)OCc2c1cc1n(c2=O)Cc2c-1nc1cc(F)c(C3CC3)c3c1c2C(NC(=O)O)CC3. The van der Waals surface area contributed by atoms with E-state index in [-0.39, 0.29) is 42.4 Å². The number of aliphatic hydroxyl groups is 1. The molecular weight excluding hydrogens is 481 g/mol. The van der Waals surface area contributed by atoms with Crippen molar-refractivity contribution in [3.8, 4) is 11.4 Å². The van der Waals surface area contributed by atoms with Crippen LogP contribution in [-0.4, -0.2) is 31.8 Å². The molecule has 4 aliphatic rings. The molecule has 2 atom stereocenters. The third-order valence-corrected chi connectivity index (χ3v) is 8.43. The van der Waals surface area contributed by atoms with Gasteiger partial charge in [-0.3, -0.25) is 4.79 Å². The Balaban J connectivity index is 1.54. The van der Waals surface area contributed by atoms with Crippen LogP contribution >= 0.6 is 0 Å². The van der Waals surface area contributed by atoms with Crippen molar-refractivity contribution in [1.29, 1.82) is 0 Å². The van der Waals surface area contributed by atoms with Gasteiger partial charge in [0.2, 0.25) is 0 Å². The molecule has 1 saturated carbocycles. The normalized spacial score (nSPS) is 23.3. The number of fused-ring (bicyclic) bond motifs is 5. The van der Waals surface area contributed by atoms with Gasteiger partial charge in [-0.05, 0) is 60.8 Å². The molecule has 9 nitrogen and oxygen atoms in total. The van der Waals surface area contributed by atoms with Crippen LogP contribution in [0, 0.1) is 5.82 Å². The molecule has 2 aliphatic heterocycles. The number of rotatable bonds is 3. The second kappa shape index (κ2) is 7.38. The first-order chi connectivity index (χ1) is 17.7. The lowest BCUT2D eigenvalue weighted by molar-refractivity contribution is -0.172. The predicted octanol–water partition coefficient (Wildman–Crippen LogP) is 3.35. The lowest BCUT2D eigenvalue weighted by atomic mass is 9.80. The van der Waals surface area contributed by atoms with E-state index in [4.69, 9.17) is 9.72 Å². The highest BCUT2D eigenvalue weighted by Gasteiger charge is 2.46. The second-order valence-corrected chi connectivity index (χ2v) is 10.4. The first-order valence-corrected chi connectivity index (χ1v) is 12.6. The molecule has 10 heteroatoms. The molecule has 1 amide bonds. The monoisotopic (exact) mass is 505 g/mol. The standard InChI is InChI=1S/C27H24FN3O6/c1-2-27(36)15-7-19-23-13(9-31(19)24(32)14(15)10-37-25(27)33)22-17(30-26(34)35)6-5-12-20(11-3-4-11)16(28)8-18(29-23)21(12)22/h7-8,11,17,30,36H,2-6,9-10H2,1H3,(H,34,35)/t17?,27-/m0/s1. The van der Waals surface area contributed by atoms with Gasteiger partial charge >= 0.3 is 12.1 Å². The summed E-state index contributed by atoms with van der Waals surface area (Å²) in [6.07, 6.45) is 1.70. The number of esters is 1. The fourth-order valence-corrected chi connectivity index (χ4v) is 6.53. The number of aryl methyl sites for hydroxylation is 1. The number of benzene rings is 1. The van der Waals surface area contributed by atoms with Gasteiger partial charge in [0, 0.05) is 22.6 Å². The maximum atomic E-state index is 15.4. The van der Waals surface area contributed by atoms with Gasteiger partial charge in [0.15, 0.2) is 5.60 Å². The Morgan fingerprint density at radius 1 is 1.22 bits per heavy atom. The van der Waals surface area contributed by atoms with Gasteiger partial charge in [-0.15, -0.1) is 0 Å². The molecule has 2 aromatic heterocycles. The third kappa shape index (κ3) is 2.93. The number of pyridine rings is 2. The number of hydrogen-bond donors (Lipinski definition) is 3. The molecule has 0 bridgehead atoms. The first-order valence-electron chi connectivity index (χ1n) is 12.6. The lowest BCUT2D eigenvalue weighted by Gasteiger charge is -2.31. The zero-order chi connectivity index (χ0) is 25.8. The van der Waals surface area contributed by atoms with Crippen molar-refractivity contribution in [1.82, 2.24) is 14.9 Å². The van der Waals surface area contributed by atoms with Crippen LogP contribution in [0.1, 0.15) is 77.9 Å². The fourth-order valence-electron chi connectivity index (χ4n) is 6.53. The van der Waals surface area contributed by atoms with E-state index in [9.17, 15) is 24.6 Å². The highest BCUT2D eigenvalue weighted by atomic mass is 19.1. The first kappa shape index (κ1) is 22.4. The van der Waals surface area contributed by atoms with Gasteiger partial charge in [-0.25, -0.2) is 19.0 Å². The van der Waals surface area contributed by atoms with Crippen LogP contribution in [0.5, 0.6) is 0 Å². The number of ether oxygens (including phenoxy) is 1. The summed E-state index contributed by atoms with van der Waals surface area (Å²) in [7, 11) is 0. The number of amides is 1. The van der Waals surface area contributed by atoms with Crippen LogP contribution in [0.2, 0.25) is 0 Å². The molecular formula is C27H24FN3O6. The maximum absolute atomic E-state index is 15.4. The van der Waals surface area contributed by atoms with E-state index >= 15 is 4.39 Å². The van der Waals surface area contributed by atoms with E-state index in [0.29, 0.717) is 40.9 Å². The van der Waals surface area contributed by atoms with E-state index in [1.165, 1.54) is 10.6 Å². The number of nitrogens with zero attached hydrogens (tertiary/aromatic N) is 2. The smallest absolute Gasteiger partial charge is 0.405 e. The van der Waals surface area contributed by atoms with Crippen LogP contribution in [0.25, 0.3) is 22.3 Å². The van der Waals surface area contributed by atoms with Crippen LogP contribution in [0.3, 0.4) is 0 Å². The molecule has 4 heterocycles. The van der Waals surface area contributed by atoms with Crippen molar-refractivity contribution in [3.05, 3.63) is 61.7 Å². The zero-order valence-corrected chi connectivity index (χ0v) is 20.1. The molecule has 37 heavy (non-hydrogen) atoms. The minimum atomic E-state index is -1.96. The number of nitrogens with one attached hydrogen (secondary N) is 1. The molecule has 3 N–H and O–H groups in total. The molecule has 1 fully saturated rings. The molecule has 3 aromatic rings. The average molecular weight is 506 g/mol. The highest BCUT2D eigenvalue weighted by Crippen LogP contribution is 2.50. The Morgan fingerprint density at radius 3 is 2.70 bits per heavy atom. The summed E-state index contributed by atoms with van der Waals surface area (Å²) in [6, 6.07) is 2.48. The molecule has 1 unspecified atom stereocenters. The van der Waals surface area contributed by atoms with E-state index in [2.05, 4.69) is 5.32 Å². The molecule has 0 saturated heterocycles. The van der Waals surface area contributed by atoms with E-state index < -0.39 is 29.3 Å². The van der Waals surface area contributed by atoms with E-state index in [1.54, 1.807) is 13.0 Å². The molecule has 7 rings (SSSR count). The summed E-state index contributed by atoms with van der Waals surface area (Å²) in [4.78, 5) is 42.6. The minimum absolute atomic E-state index is 0.0219. The van der Waals surface area contributed by atoms with E-state index in [0.717, 1.165) is 29.4 Å². The predicted molar refractivity (Wildman–Crippen MR) is 129 cm³/mol.